The number of nitrogens with zero attached hydrogens (tertiary/aromatic N) is 3. The van der Waals surface area contributed by atoms with Crippen LogP contribution in [0.2, 0.25) is 0 Å². The van der Waals surface area contributed by atoms with Crippen molar-refractivity contribution in [1.82, 2.24) is 25.1 Å². The highest BCUT2D eigenvalue weighted by molar-refractivity contribution is 5.95. The van der Waals surface area contributed by atoms with Crippen molar-refractivity contribution in [1.29, 1.82) is 0 Å². The quantitative estimate of drug-likeness (QED) is 0.767. The number of hydrogen-bond donors (Lipinski definition) is 2. The van der Waals surface area contributed by atoms with Gasteiger partial charge in [0.1, 0.15) is 5.82 Å². The Bertz CT molecular complexity index is 875. The van der Waals surface area contributed by atoms with Crippen LogP contribution < -0.4 is 5.32 Å². The Labute approximate surface area is 146 Å². The van der Waals surface area contributed by atoms with Crippen LogP contribution in [0, 0.1) is 5.92 Å². The molecule has 0 saturated carbocycles. The fraction of sp³-hybridized carbons (Fsp3) is 0.421. The van der Waals surface area contributed by atoms with E-state index < -0.39 is 0 Å². The van der Waals surface area contributed by atoms with Crippen LogP contribution in [0.1, 0.15) is 54.6 Å². The van der Waals surface area contributed by atoms with Gasteiger partial charge in [-0.1, -0.05) is 26.0 Å². The molecule has 1 atom stereocenters. The number of imidazole rings is 1. The van der Waals surface area contributed by atoms with E-state index in [2.05, 4.69) is 34.2 Å². The van der Waals surface area contributed by atoms with Gasteiger partial charge in [-0.3, -0.25) is 9.48 Å². The maximum Gasteiger partial charge on any atom is 0.255 e. The van der Waals surface area contributed by atoms with Gasteiger partial charge in [-0.15, -0.1) is 0 Å². The van der Waals surface area contributed by atoms with E-state index in [0.717, 1.165) is 48.4 Å². The van der Waals surface area contributed by atoms with Crippen LogP contribution in [0.5, 0.6) is 0 Å². The van der Waals surface area contributed by atoms with Gasteiger partial charge >= 0.3 is 0 Å². The lowest BCUT2D eigenvalue weighted by Gasteiger charge is -2.21. The molecule has 3 aromatic rings. The Hall–Kier alpha value is -2.63. The SMILES string of the molecule is CC(C)[C@H](NC(=O)c1cnn2c1CCCC2)c1nc2ccccc2[nH]1. The molecule has 2 aromatic heterocycles. The summed E-state index contributed by atoms with van der Waals surface area (Å²) >= 11 is 0. The zero-order valence-corrected chi connectivity index (χ0v) is 14.6. The lowest BCUT2D eigenvalue weighted by atomic mass is 10.0. The molecule has 1 amide bonds. The second kappa shape index (κ2) is 6.35. The summed E-state index contributed by atoms with van der Waals surface area (Å²) in [5, 5.41) is 7.53. The van der Waals surface area contributed by atoms with Crippen LogP contribution in [-0.4, -0.2) is 25.7 Å². The highest BCUT2D eigenvalue weighted by Crippen LogP contribution is 2.24. The molecule has 6 heteroatoms. The molecule has 130 valence electrons. The van der Waals surface area contributed by atoms with Crippen molar-refractivity contribution >= 4 is 16.9 Å². The number of nitrogens with one attached hydrogen (secondary N) is 2. The number of fused-ring (bicyclic) bond motifs is 2. The van der Waals surface area contributed by atoms with Crippen molar-refractivity contribution in [3.05, 3.63) is 47.5 Å². The third-order valence-electron chi connectivity index (χ3n) is 4.88. The molecule has 1 aliphatic heterocycles. The van der Waals surface area contributed by atoms with Crippen LogP contribution in [0.4, 0.5) is 0 Å². The van der Waals surface area contributed by atoms with Gasteiger partial charge in [-0.05, 0) is 37.3 Å². The molecule has 0 spiro atoms. The molecule has 0 saturated heterocycles. The molecule has 2 N–H and O–H groups in total. The predicted molar refractivity (Wildman–Crippen MR) is 96.3 cm³/mol. The number of carbonyl (C=O) groups excluding carboxylic acids is 1. The van der Waals surface area contributed by atoms with Crippen molar-refractivity contribution in [3.8, 4) is 0 Å². The third kappa shape index (κ3) is 2.92. The fourth-order valence-corrected chi connectivity index (χ4v) is 3.50. The predicted octanol–water partition coefficient (Wildman–Crippen LogP) is 3.22. The molecule has 0 radical (unpaired) electrons. The van der Waals surface area contributed by atoms with E-state index in [1.165, 1.54) is 0 Å². The van der Waals surface area contributed by atoms with Gasteiger partial charge in [0.05, 0.1) is 34.5 Å². The standard InChI is InChI=1S/C19H23N5O/c1-12(2)17(18-21-14-7-3-4-8-15(14)22-18)23-19(25)13-11-20-24-10-6-5-9-16(13)24/h3-4,7-8,11-12,17H,5-6,9-10H2,1-2H3,(H,21,22)(H,23,25)/t17-/m0/s1. The van der Waals surface area contributed by atoms with Crippen molar-refractivity contribution in [3.63, 3.8) is 0 Å². The van der Waals surface area contributed by atoms with Gasteiger partial charge in [0.2, 0.25) is 0 Å². The first-order chi connectivity index (χ1) is 12.1. The lowest BCUT2D eigenvalue weighted by Crippen LogP contribution is -2.33. The average Bonchev–Trinajstić information content (AvgIpc) is 3.23. The van der Waals surface area contributed by atoms with Gasteiger partial charge in [-0.2, -0.15) is 5.10 Å². The van der Waals surface area contributed by atoms with Crippen LogP contribution in [0.15, 0.2) is 30.5 Å². The summed E-state index contributed by atoms with van der Waals surface area (Å²) in [4.78, 5) is 20.9. The largest absolute Gasteiger partial charge is 0.342 e. The molecular weight excluding hydrogens is 314 g/mol. The smallest absolute Gasteiger partial charge is 0.255 e. The van der Waals surface area contributed by atoms with Crippen molar-refractivity contribution in [2.24, 2.45) is 5.92 Å². The Kier molecular flexibility index (Phi) is 4.03. The van der Waals surface area contributed by atoms with Gasteiger partial charge < -0.3 is 10.3 Å². The summed E-state index contributed by atoms with van der Waals surface area (Å²) in [6.07, 6.45) is 4.86. The normalized spacial score (nSPS) is 15.3. The first-order valence-electron chi connectivity index (χ1n) is 8.93. The van der Waals surface area contributed by atoms with Crippen LogP contribution in [0.3, 0.4) is 0 Å². The minimum atomic E-state index is -0.168. The first kappa shape index (κ1) is 15.9. The van der Waals surface area contributed by atoms with Gasteiger partial charge in [-0.25, -0.2) is 4.98 Å². The number of carbonyl (C=O) groups is 1. The highest BCUT2D eigenvalue weighted by atomic mass is 16.1. The lowest BCUT2D eigenvalue weighted by molar-refractivity contribution is 0.0922. The van der Waals surface area contributed by atoms with Crippen LogP contribution in [0.25, 0.3) is 11.0 Å². The van der Waals surface area contributed by atoms with Crippen molar-refractivity contribution in [2.45, 2.75) is 45.7 Å². The van der Waals surface area contributed by atoms with E-state index in [1.807, 2.05) is 28.9 Å². The van der Waals surface area contributed by atoms with Crippen molar-refractivity contribution < 1.29 is 4.79 Å². The van der Waals surface area contributed by atoms with Crippen molar-refractivity contribution in [2.75, 3.05) is 0 Å². The minimum Gasteiger partial charge on any atom is -0.342 e. The summed E-state index contributed by atoms with van der Waals surface area (Å²) in [5.41, 5.74) is 3.65. The molecule has 4 rings (SSSR count). The fourth-order valence-electron chi connectivity index (χ4n) is 3.50. The molecular formula is C19H23N5O. The zero-order valence-electron chi connectivity index (χ0n) is 14.6. The molecule has 3 heterocycles. The summed E-state index contributed by atoms with van der Waals surface area (Å²) in [6.45, 7) is 5.08. The molecule has 1 aromatic carbocycles. The average molecular weight is 337 g/mol. The molecule has 0 aliphatic carbocycles. The number of rotatable bonds is 4. The van der Waals surface area contributed by atoms with Gasteiger partial charge in [0, 0.05) is 6.54 Å². The minimum absolute atomic E-state index is 0.0673. The summed E-state index contributed by atoms with van der Waals surface area (Å²) in [5.74, 6) is 0.948. The third-order valence-corrected chi connectivity index (χ3v) is 4.88. The zero-order chi connectivity index (χ0) is 17.4. The van der Waals surface area contributed by atoms with E-state index in [1.54, 1.807) is 6.20 Å². The summed E-state index contributed by atoms with van der Waals surface area (Å²) in [6, 6.07) is 7.75. The van der Waals surface area contributed by atoms with Gasteiger partial charge in [0.15, 0.2) is 0 Å². The second-order valence-corrected chi connectivity index (χ2v) is 7.02. The number of para-hydroxylation sites is 2. The van der Waals surface area contributed by atoms with Gasteiger partial charge in [0.25, 0.3) is 5.91 Å². The summed E-state index contributed by atoms with van der Waals surface area (Å²) < 4.78 is 1.96. The van der Waals surface area contributed by atoms with E-state index in [-0.39, 0.29) is 17.9 Å². The number of benzene rings is 1. The number of amides is 1. The maximum atomic E-state index is 12.9. The molecule has 0 unspecified atom stereocenters. The second-order valence-electron chi connectivity index (χ2n) is 7.02. The van der Waals surface area contributed by atoms with E-state index >= 15 is 0 Å². The van der Waals surface area contributed by atoms with Crippen LogP contribution >= 0.6 is 0 Å². The highest BCUT2D eigenvalue weighted by Gasteiger charge is 2.25. The Balaban J connectivity index is 1.61. The topological polar surface area (TPSA) is 75.6 Å². The molecule has 0 fully saturated rings. The monoisotopic (exact) mass is 337 g/mol. The number of H-pyrrole nitrogens is 1. The molecule has 25 heavy (non-hydrogen) atoms. The molecule has 1 aliphatic rings. The Morgan fingerprint density at radius 3 is 2.92 bits per heavy atom. The number of aromatic nitrogens is 4. The molecule has 6 nitrogen and oxygen atoms in total. The number of hydrogen-bond acceptors (Lipinski definition) is 3. The summed E-state index contributed by atoms with van der Waals surface area (Å²) in [7, 11) is 0. The number of aromatic amines is 1. The first-order valence-corrected chi connectivity index (χ1v) is 8.93. The number of aryl methyl sites for hydroxylation is 1. The van der Waals surface area contributed by atoms with E-state index in [0.29, 0.717) is 5.56 Å². The Morgan fingerprint density at radius 1 is 1.28 bits per heavy atom. The Morgan fingerprint density at radius 2 is 2.12 bits per heavy atom. The molecule has 0 bridgehead atoms. The van der Waals surface area contributed by atoms with E-state index in [4.69, 9.17) is 0 Å². The van der Waals surface area contributed by atoms with Crippen LogP contribution in [-0.2, 0) is 13.0 Å². The maximum absolute atomic E-state index is 12.9. The van der Waals surface area contributed by atoms with E-state index in [9.17, 15) is 4.79 Å².